The zero-order chi connectivity index (χ0) is 9.26. The minimum atomic E-state index is -0.0274. The van der Waals surface area contributed by atoms with Crippen molar-refractivity contribution in [3.8, 4) is 0 Å². The number of piperidine rings is 1. The highest BCUT2D eigenvalue weighted by molar-refractivity contribution is 4.83. The average Bonchev–Trinajstić information content (AvgIpc) is 2.92. The van der Waals surface area contributed by atoms with E-state index in [-0.39, 0.29) is 6.10 Å². The van der Waals surface area contributed by atoms with E-state index >= 15 is 0 Å². The fourth-order valence-corrected chi connectivity index (χ4v) is 2.33. The fourth-order valence-electron chi connectivity index (χ4n) is 2.33. The van der Waals surface area contributed by atoms with Crippen LogP contribution in [-0.4, -0.2) is 35.7 Å². The molecule has 76 valence electrons. The third kappa shape index (κ3) is 2.44. The van der Waals surface area contributed by atoms with E-state index in [4.69, 9.17) is 0 Å². The summed E-state index contributed by atoms with van der Waals surface area (Å²) in [5.41, 5.74) is 0. The molecule has 0 aromatic rings. The van der Waals surface area contributed by atoms with Crippen molar-refractivity contribution in [2.45, 2.75) is 38.7 Å². The summed E-state index contributed by atoms with van der Waals surface area (Å²) >= 11 is 0. The maximum atomic E-state index is 9.71. The van der Waals surface area contributed by atoms with Crippen LogP contribution >= 0.6 is 0 Å². The molecule has 2 nitrogen and oxygen atoms in total. The molecule has 2 aliphatic rings. The largest absolute Gasteiger partial charge is 0.393 e. The Kier molecular flexibility index (Phi) is 2.89. The van der Waals surface area contributed by atoms with Crippen LogP contribution < -0.4 is 0 Å². The summed E-state index contributed by atoms with van der Waals surface area (Å²) in [6, 6.07) is 0. The predicted octanol–water partition coefficient (Wildman–Crippen LogP) is 1.49. The van der Waals surface area contributed by atoms with E-state index in [9.17, 15) is 5.11 Å². The van der Waals surface area contributed by atoms with E-state index < -0.39 is 0 Å². The van der Waals surface area contributed by atoms with E-state index in [1.807, 2.05) is 0 Å². The van der Waals surface area contributed by atoms with Gasteiger partial charge in [-0.15, -0.1) is 0 Å². The summed E-state index contributed by atoms with van der Waals surface area (Å²) < 4.78 is 0. The van der Waals surface area contributed by atoms with Crippen LogP contribution in [0, 0.1) is 11.8 Å². The molecule has 0 spiro atoms. The summed E-state index contributed by atoms with van der Waals surface area (Å²) in [6.45, 7) is 5.74. The third-order valence-electron chi connectivity index (χ3n) is 3.52. The zero-order valence-corrected chi connectivity index (χ0v) is 8.58. The summed E-state index contributed by atoms with van der Waals surface area (Å²) in [5.74, 6) is 1.53. The molecule has 1 saturated heterocycles. The number of aliphatic hydroxyl groups is 1. The number of hydrogen-bond donors (Lipinski definition) is 1. The number of aliphatic hydroxyl groups excluding tert-OH is 1. The number of hydrogen-bond acceptors (Lipinski definition) is 2. The van der Waals surface area contributed by atoms with Crippen LogP contribution in [0.4, 0.5) is 0 Å². The first-order chi connectivity index (χ1) is 6.29. The van der Waals surface area contributed by atoms with Crippen LogP contribution in [0.1, 0.15) is 32.6 Å². The van der Waals surface area contributed by atoms with Crippen molar-refractivity contribution in [1.29, 1.82) is 0 Å². The Morgan fingerprint density at radius 3 is 2.69 bits per heavy atom. The Morgan fingerprint density at radius 1 is 1.31 bits per heavy atom. The molecule has 13 heavy (non-hydrogen) atoms. The lowest BCUT2D eigenvalue weighted by molar-refractivity contribution is 0.0236. The van der Waals surface area contributed by atoms with Gasteiger partial charge in [-0.3, -0.25) is 0 Å². The molecule has 1 aliphatic heterocycles. The molecule has 1 saturated carbocycles. The van der Waals surface area contributed by atoms with Gasteiger partial charge in [-0.1, -0.05) is 6.92 Å². The standard InChI is InChI=1S/C11H21NO/c1-2-10-8-12(6-5-11(10)13)7-9-3-4-9/h9-11,13H,2-8H2,1H3/t10-,11-/m1/s1. The van der Waals surface area contributed by atoms with Gasteiger partial charge >= 0.3 is 0 Å². The van der Waals surface area contributed by atoms with Crippen LogP contribution in [0.25, 0.3) is 0 Å². The van der Waals surface area contributed by atoms with Crippen LogP contribution in [0.2, 0.25) is 0 Å². The van der Waals surface area contributed by atoms with Crippen molar-refractivity contribution in [2.75, 3.05) is 19.6 Å². The molecule has 2 atom stereocenters. The van der Waals surface area contributed by atoms with Gasteiger partial charge in [-0.2, -0.15) is 0 Å². The number of likely N-dealkylation sites (tertiary alicyclic amines) is 1. The molecule has 1 N–H and O–H groups in total. The second-order valence-corrected chi connectivity index (χ2v) is 4.73. The minimum Gasteiger partial charge on any atom is -0.393 e. The molecule has 2 heteroatoms. The average molecular weight is 183 g/mol. The molecular formula is C11H21NO. The van der Waals surface area contributed by atoms with Crippen LogP contribution in [0.5, 0.6) is 0 Å². The molecule has 0 aromatic carbocycles. The number of nitrogens with zero attached hydrogens (tertiary/aromatic N) is 1. The Bertz CT molecular complexity index is 167. The van der Waals surface area contributed by atoms with Crippen LogP contribution in [-0.2, 0) is 0 Å². The maximum Gasteiger partial charge on any atom is 0.0592 e. The molecule has 2 fully saturated rings. The lowest BCUT2D eigenvalue weighted by Gasteiger charge is -2.35. The van der Waals surface area contributed by atoms with Crippen LogP contribution in [0.15, 0.2) is 0 Å². The van der Waals surface area contributed by atoms with Crippen molar-refractivity contribution >= 4 is 0 Å². The second kappa shape index (κ2) is 3.97. The highest BCUT2D eigenvalue weighted by Crippen LogP contribution is 2.31. The Hall–Kier alpha value is -0.0800. The van der Waals surface area contributed by atoms with Crippen molar-refractivity contribution < 1.29 is 5.11 Å². The summed E-state index contributed by atoms with van der Waals surface area (Å²) in [4.78, 5) is 2.55. The molecule has 2 rings (SSSR count). The van der Waals surface area contributed by atoms with Gasteiger partial charge in [0.1, 0.15) is 0 Å². The smallest absolute Gasteiger partial charge is 0.0592 e. The van der Waals surface area contributed by atoms with Crippen molar-refractivity contribution in [3.63, 3.8) is 0 Å². The van der Waals surface area contributed by atoms with E-state index in [1.165, 1.54) is 19.4 Å². The normalized spacial score (nSPS) is 36.5. The molecule has 1 aliphatic carbocycles. The Balaban J connectivity index is 1.78. The van der Waals surface area contributed by atoms with Crippen molar-refractivity contribution in [1.82, 2.24) is 4.90 Å². The third-order valence-corrected chi connectivity index (χ3v) is 3.52. The van der Waals surface area contributed by atoms with Gasteiger partial charge in [-0.25, -0.2) is 0 Å². The van der Waals surface area contributed by atoms with E-state index in [1.54, 1.807) is 0 Å². The van der Waals surface area contributed by atoms with Gasteiger partial charge in [-0.05, 0) is 37.5 Å². The highest BCUT2D eigenvalue weighted by atomic mass is 16.3. The maximum absolute atomic E-state index is 9.71. The van der Waals surface area contributed by atoms with Gasteiger partial charge in [0.05, 0.1) is 6.10 Å². The predicted molar refractivity (Wildman–Crippen MR) is 53.6 cm³/mol. The van der Waals surface area contributed by atoms with Crippen LogP contribution in [0.3, 0.4) is 0 Å². The summed E-state index contributed by atoms with van der Waals surface area (Å²) in [7, 11) is 0. The molecule has 1 heterocycles. The number of rotatable bonds is 3. The second-order valence-electron chi connectivity index (χ2n) is 4.73. The first-order valence-electron chi connectivity index (χ1n) is 5.70. The molecule has 0 aromatic heterocycles. The lowest BCUT2D eigenvalue weighted by Crippen LogP contribution is -2.43. The Morgan fingerprint density at radius 2 is 2.08 bits per heavy atom. The van der Waals surface area contributed by atoms with Gasteiger partial charge < -0.3 is 10.0 Å². The molecule has 0 unspecified atom stereocenters. The van der Waals surface area contributed by atoms with Gasteiger partial charge in [0, 0.05) is 19.6 Å². The van der Waals surface area contributed by atoms with E-state index in [0.29, 0.717) is 5.92 Å². The van der Waals surface area contributed by atoms with Gasteiger partial charge in [0.25, 0.3) is 0 Å². The monoisotopic (exact) mass is 183 g/mol. The molecular weight excluding hydrogens is 162 g/mol. The SMILES string of the molecule is CC[C@@H]1CN(CC2CC2)CC[C@H]1O. The van der Waals surface area contributed by atoms with E-state index in [2.05, 4.69) is 11.8 Å². The first kappa shape index (κ1) is 9.47. The fraction of sp³-hybridized carbons (Fsp3) is 1.00. The van der Waals surface area contributed by atoms with Gasteiger partial charge in [0.2, 0.25) is 0 Å². The highest BCUT2D eigenvalue weighted by Gasteiger charge is 2.30. The van der Waals surface area contributed by atoms with Gasteiger partial charge in [0.15, 0.2) is 0 Å². The first-order valence-corrected chi connectivity index (χ1v) is 5.70. The lowest BCUT2D eigenvalue weighted by atomic mass is 9.92. The molecule has 0 bridgehead atoms. The minimum absolute atomic E-state index is 0.0274. The Labute approximate surface area is 80.9 Å². The van der Waals surface area contributed by atoms with Crippen molar-refractivity contribution in [3.05, 3.63) is 0 Å². The topological polar surface area (TPSA) is 23.5 Å². The van der Waals surface area contributed by atoms with Crippen molar-refractivity contribution in [2.24, 2.45) is 11.8 Å². The molecule has 0 amide bonds. The van der Waals surface area contributed by atoms with E-state index in [0.717, 1.165) is 31.8 Å². The quantitative estimate of drug-likeness (QED) is 0.716. The molecule has 0 radical (unpaired) electrons. The summed E-state index contributed by atoms with van der Waals surface area (Å²) in [6.07, 6.45) is 4.97. The zero-order valence-electron chi connectivity index (χ0n) is 8.58. The summed E-state index contributed by atoms with van der Waals surface area (Å²) in [5, 5.41) is 9.71.